The van der Waals surface area contributed by atoms with Gasteiger partial charge in [0.2, 0.25) is 5.82 Å². The third-order valence-corrected chi connectivity index (χ3v) is 3.87. The van der Waals surface area contributed by atoms with Crippen LogP contribution < -0.4 is 5.32 Å². The molecule has 1 aromatic carbocycles. The lowest BCUT2D eigenvalue weighted by molar-refractivity contribution is -0.384. The molecule has 1 aliphatic rings. The van der Waals surface area contributed by atoms with E-state index in [0.29, 0.717) is 11.5 Å². The van der Waals surface area contributed by atoms with Gasteiger partial charge in [-0.1, -0.05) is 6.07 Å². The van der Waals surface area contributed by atoms with E-state index >= 15 is 0 Å². The van der Waals surface area contributed by atoms with E-state index in [1.165, 1.54) is 16.8 Å². The minimum Gasteiger partial charge on any atom is -0.358 e. The molecular formula is C14H15FN4O2. The maximum atomic E-state index is 13.4. The van der Waals surface area contributed by atoms with Gasteiger partial charge in [-0.25, -0.2) is 9.07 Å². The Morgan fingerprint density at radius 3 is 3.00 bits per heavy atom. The number of aromatic nitrogens is 2. The Morgan fingerprint density at radius 2 is 2.29 bits per heavy atom. The van der Waals surface area contributed by atoms with Crippen molar-refractivity contribution in [2.75, 3.05) is 5.32 Å². The first-order chi connectivity index (χ1) is 9.97. The summed E-state index contributed by atoms with van der Waals surface area (Å²) in [7, 11) is 1.66. The van der Waals surface area contributed by atoms with Crippen molar-refractivity contribution < 1.29 is 9.31 Å². The lowest BCUT2D eigenvalue weighted by Crippen LogP contribution is -2.12. The van der Waals surface area contributed by atoms with E-state index in [2.05, 4.69) is 10.4 Å². The van der Waals surface area contributed by atoms with Gasteiger partial charge in [-0.2, -0.15) is 5.10 Å². The number of aryl methyl sites for hydroxylation is 3. The highest BCUT2D eigenvalue weighted by Gasteiger charge is 2.29. The van der Waals surface area contributed by atoms with E-state index < -0.39 is 4.92 Å². The average Bonchev–Trinajstić information content (AvgIpc) is 2.92. The van der Waals surface area contributed by atoms with Gasteiger partial charge in [0.05, 0.1) is 11.0 Å². The number of rotatable bonds is 3. The molecule has 0 bridgehead atoms. The summed E-state index contributed by atoms with van der Waals surface area (Å²) >= 11 is 0. The molecule has 1 N–H and O–H groups in total. The first-order valence-electron chi connectivity index (χ1n) is 6.70. The summed E-state index contributed by atoms with van der Waals surface area (Å²) in [5.74, 6) is 0.0674. The normalized spacial score (nSPS) is 16.8. The van der Waals surface area contributed by atoms with Gasteiger partial charge in [0.15, 0.2) is 0 Å². The summed E-state index contributed by atoms with van der Waals surface area (Å²) < 4.78 is 14.9. The third kappa shape index (κ3) is 2.24. The number of hydrogen-bond acceptors (Lipinski definition) is 4. The van der Waals surface area contributed by atoms with E-state index in [1.807, 2.05) is 0 Å². The summed E-state index contributed by atoms with van der Waals surface area (Å²) in [6, 6.07) is 4.58. The van der Waals surface area contributed by atoms with Crippen molar-refractivity contribution in [1.82, 2.24) is 9.78 Å². The first-order valence-corrected chi connectivity index (χ1v) is 6.70. The van der Waals surface area contributed by atoms with Crippen molar-refractivity contribution in [1.29, 1.82) is 0 Å². The number of benzene rings is 1. The van der Waals surface area contributed by atoms with Crippen LogP contribution in [0.25, 0.3) is 0 Å². The largest absolute Gasteiger partial charge is 0.358 e. The Bertz CT molecular complexity index is 726. The van der Waals surface area contributed by atoms with Crippen molar-refractivity contribution in [3.05, 3.63) is 51.0 Å². The zero-order valence-electron chi connectivity index (χ0n) is 11.8. The second-order valence-electron chi connectivity index (χ2n) is 5.24. The molecule has 0 aliphatic heterocycles. The van der Waals surface area contributed by atoms with Crippen molar-refractivity contribution in [3.63, 3.8) is 0 Å². The quantitative estimate of drug-likeness (QED) is 0.697. The molecule has 0 amide bonds. The van der Waals surface area contributed by atoms with E-state index in [-0.39, 0.29) is 17.5 Å². The average molecular weight is 290 g/mol. The summed E-state index contributed by atoms with van der Waals surface area (Å²) in [5, 5.41) is 18.4. The number of fused-ring (bicyclic) bond motifs is 1. The lowest BCUT2D eigenvalue weighted by Gasteiger charge is -2.15. The Labute approximate surface area is 120 Å². The molecule has 1 aliphatic carbocycles. The Kier molecular flexibility index (Phi) is 3.12. The van der Waals surface area contributed by atoms with Crippen molar-refractivity contribution in [2.45, 2.75) is 25.8 Å². The van der Waals surface area contributed by atoms with Gasteiger partial charge in [-0.05, 0) is 43.0 Å². The SMILES string of the molecule is Cc1nn(C)c(NC2CCc3ccc(F)cc32)c1[N+](=O)[O-]. The van der Waals surface area contributed by atoms with Gasteiger partial charge >= 0.3 is 5.69 Å². The summed E-state index contributed by atoms with van der Waals surface area (Å²) in [6.45, 7) is 1.60. The molecule has 7 heteroatoms. The van der Waals surface area contributed by atoms with Gasteiger partial charge in [0.25, 0.3) is 0 Å². The molecule has 0 saturated carbocycles. The first kappa shape index (κ1) is 13.5. The van der Waals surface area contributed by atoms with Crippen molar-refractivity contribution in [2.24, 2.45) is 7.05 Å². The van der Waals surface area contributed by atoms with E-state index in [1.54, 1.807) is 20.0 Å². The van der Waals surface area contributed by atoms with Crippen LogP contribution in [0.1, 0.15) is 29.3 Å². The molecule has 0 fully saturated rings. The van der Waals surface area contributed by atoms with Crippen LogP contribution in [0.5, 0.6) is 0 Å². The molecule has 1 aromatic heterocycles. The molecule has 1 unspecified atom stereocenters. The van der Waals surface area contributed by atoms with Crippen LogP contribution in [-0.4, -0.2) is 14.7 Å². The topological polar surface area (TPSA) is 73.0 Å². The minimum atomic E-state index is -0.438. The van der Waals surface area contributed by atoms with Gasteiger partial charge in [-0.3, -0.25) is 10.1 Å². The lowest BCUT2D eigenvalue weighted by atomic mass is 10.1. The Balaban J connectivity index is 1.97. The maximum absolute atomic E-state index is 13.4. The Morgan fingerprint density at radius 1 is 1.52 bits per heavy atom. The molecule has 3 rings (SSSR count). The number of anilines is 1. The van der Waals surface area contributed by atoms with Crippen LogP contribution in [0, 0.1) is 22.9 Å². The van der Waals surface area contributed by atoms with Gasteiger partial charge in [0.1, 0.15) is 11.5 Å². The molecule has 21 heavy (non-hydrogen) atoms. The van der Waals surface area contributed by atoms with Gasteiger partial charge < -0.3 is 5.32 Å². The minimum absolute atomic E-state index is 0.0256. The van der Waals surface area contributed by atoms with Gasteiger partial charge in [-0.15, -0.1) is 0 Å². The van der Waals surface area contributed by atoms with Crippen molar-refractivity contribution in [3.8, 4) is 0 Å². The van der Waals surface area contributed by atoms with Crippen LogP contribution in [0.15, 0.2) is 18.2 Å². The second-order valence-corrected chi connectivity index (χ2v) is 5.24. The Hall–Kier alpha value is -2.44. The number of nitrogens with one attached hydrogen (secondary N) is 1. The van der Waals surface area contributed by atoms with Crippen LogP contribution in [-0.2, 0) is 13.5 Å². The predicted molar refractivity (Wildman–Crippen MR) is 75.7 cm³/mol. The highest BCUT2D eigenvalue weighted by molar-refractivity contribution is 5.61. The molecule has 110 valence electrons. The van der Waals surface area contributed by atoms with E-state index in [0.717, 1.165) is 24.0 Å². The standard InChI is InChI=1S/C14H15FN4O2/c1-8-13(19(20)21)14(18(2)17-8)16-12-6-4-9-3-5-10(15)7-11(9)12/h3,5,7,12,16H,4,6H2,1-2H3. The summed E-state index contributed by atoms with van der Waals surface area (Å²) in [6.07, 6.45) is 1.61. The maximum Gasteiger partial charge on any atom is 0.333 e. The van der Waals surface area contributed by atoms with Crippen LogP contribution in [0.4, 0.5) is 15.9 Å². The van der Waals surface area contributed by atoms with Crippen LogP contribution in [0.3, 0.4) is 0 Å². The zero-order valence-corrected chi connectivity index (χ0v) is 11.8. The monoisotopic (exact) mass is 290 g/mol. The fourth-order valence-corrected chi connectivity index (χ4v) is 2.92. The van der Waals surface area contributed by atoms with Crippen LogP contribution >= 0.6 is 0 Å². The number of nitro groups is 1. The fraction of sp³-hybridized carbons (Fsp3) is 0.357. The zero-order chi connectivity index (χ0) is 15.1. The van der Waals surface area contributed by atoms with Gasteiger partial charge in [0, 0.05) is 7.05 Å². The molecule has 1 atom stereocenters. The summed E-state index contributed by atoms with van der Waals surface area (Å²) in [5.41, 5.74) is 2.28. The van der Waals surface area contributed by atoms with E-state index in [9.17, 15) is 14.5 Å². The van der Waals surface area contributed by atoms with Crippen molar-refractivity contribution >= 4 is 11.5 Å². The molecule has 6 nitrogen and oxygen atoms in total. The molecule has 0 radical (unpaired) electrons. The molecule has 1 heterocycles. The number of nitrogens with zero attached hydrogens (tertiary/aromatic N) is 3. The molecule has 0 saturated heterocycles. The highest BCUT2D eigenvalue weighted by Crippen LogP contribution is 2.37. The highest BCUT2D eigenvalue weighted by atomic mass is 19.1. The number of hydrogen-bond donors (Lipinski definition) is 1. The molecule has 0 spiro atoms. The van der Waals surface area contributed by atoms with Crippen LogP contribution in [0.2, 0.25) is 0 Å². The molecule has 2 aromatic rings. The second kappa shape index (κ2) is 4.83. The predicted octanol–water partition coefficient (Wildman–Crippen LogP) is 2.88. The smallest absolute Gasteiger partial charge is 0.333 e. The van der Waals surface area contributed by atoms with E-state index in [4.69, 9.17) is 0 Å². The number of halogens is 1. The third-order valence-electron chi connectivity index (χ3n) is 3.87. The molecular weight excluding hydrogens is 275 g/mol. The summed E-state index contributed by atoms with van der Waals surface area (Å²) in [4.78, 5) is 10.7. The fourth-order valence-electron chi connectivity index (χ4n) is 2.92.